The summed E-state index contributed by atoms with van der Waals surface area (Å²) in [5.41, 5.74) is 0. The Bertz CT molecular complexity index is 253. The summed E-state index contributed by atoms with van der Waals surface area (Å²) in [6.07, 6.45) is 0.658. The Morgan fingerprint density at radius 3 is 2.17 bits per heavy atom. The maximum absolute atomic E-state index is 11.7. The fourth-order valence-corrected chi connectivity index (χ4v) is 1.45. The van der Waals surface area contributed by atoms with Gasteiger partial charge < -0.3 is 19.7 Å². The molecule has 6 heteroatoms. The first kappa shape index (κ1) is 16.9. The quantitative estimate of drug-likeness (QED) is 0.573. The first-order valence-electron chi connectivity index (χ1n) is 6.10. The summed E-state index contributed by atoms with van der Waals surface area (Å²) in [6, 6.07) is 0. The molecular weight excluding hydrogens is 240 g/mol. The fourth-order valence-electron chi connectivity index (χ4n) is 1.45. The molecule has 0 aromatic rings. The molecule has 106 valence electrons. The van der Waals surface area contributed by atoms with Crippen molar-refractivity contribution in [1.29, 1.82) is 0 Å². The number of carbonyl (C=O) groups excluding carboxylic acids is 2. The van der Waals surface area contributed by atoms with E-state index in [4.69, 9.17) is 19.7 Å². The molecule has 0 aliphatic heterocycles. The second-order valence-electron chi connectivity index (χ2n) is 4.03. The van der Waals surface area contributed by atoms with E-state index in [1.807, 2.05) is 13.8 Å². The zero-order valence-corrected chi connectivity index (χ0v) is 10.9. The second kappa shape index (κ2) is 9.85. The van der Waals surface area contributed by atoms with Gasteiger partial charge in [-0.15, -0.1) is 0 Å². The van der Waals surface area contributed by atoms with Crippen LogP contribution >= 0.6 is 0 Å². The number of ether oxygens (including phenoxy) is 2. The highest BCUT2D eigenvalue weighted by atomic mass is 16.5. The van der Waals surface area contributed by atoms with E-state index >= 15 is 0 Å². The van der Waals surface area contributed by atoms with Crippen molar-refractivity contribution in [3.05, 3.63) is 0 Å². The van der Waals surface area contributed by atoms with Crippen LogP contribution in [0.4, 0.5) is 0 Å². The van der Waals surface area contributed by atoms with Crippen LogP contribution < -0.4 is 0 Å². The maximum Gasteiger partial charge on any atom is 0.309 e. The lowest BCUT2D eigenvalue weighted by molar-refractivity contribution is -0.158. The summed E-state index contributed by atoms with van der Waals surface area (Å²) in [7, 11) is 0. The molecule has 0 fully saturated rings. The minimum atomic E-state index is -0.576. The summed E-state index contributed by atoms with van der Waals surface area (Å²) >= 11 is 0. The largest absolute Gasteiger partial charge is 0.463 e. The highest BCUT2D eigenvalue weighted by Crippen LogP contribution is 2.21. The van der Waals surface area contributed by atoms with E-state index in [-0.39, 0.29) is 38.8 Å². The SMILES string of the molecule is CCC(C)C(CC(=O)OCCO)C(=O)OCCO. The van der Waals surface area contributed by atoms with Crippen molar-refractivity contribution in [1.82, 2.24) is 0 Å². The Hall–Kier alpha value is -1.14. The van der Waals surface area contributed by atoms with Crippen molar-refractivity contribution >= 4 is 11.9 Å². The average Bonchev–Trinajstić information content (AvgIpc) is 2.38. The van der Waals surface area contributed by atoms with Crippen LogP contribution in [0.1, 0.15) is 26.7 Å². The van der Waals surface area contributed by atoms with Gasteiger partial charge in [0.1, 0.15) is 13.2 Å². The smallest absolute Gasteiger partial charge is 0.309 e. The Morgan fingerprint density at radius 1 is 1.11 bits per heavy atom. The van der Waals surface area contributed by atoms with Crippen LogP contribution in [-0.4, -0.2) is 48.6 Å². The molecule has 0 radical (unpaired) electrons. The van der Waals surface area contributed by atoms with Gasteiger partial charge in [0.15, 0.2) is 0 Å². The predicted molar refractivity (Wildman–Crippen MR) is 63.7 cm³/mol. The summed E-state index contributed by atoms with van der Waals surface area (Å²) in [4.78, 5) is 23.1. The van der Waals surface area contributed by atoms with E-state index in [1.54, 1.807) is 0 Å². The molecule has 2 unspecified atom stereocenters. The minimum absolute atomic E-state index is 0.0159. The molecule has 0 saturated carbocycles. The van der Waals surface area contributed by atoms with Crippen LogP contribution in [0.2, 0.25) is 0 Å². The number of aliphatic hydroxyl groups excluding tert-OH is 2. The third kappa shape index (κ3) is 6.56. The molecule has 0 aromatic carbocycles. The molecule has 2 N–H and O–H groups in total. The van der Waals surface area contributed by atoms with Crippen LogP contribution in [0.15, 0.2) is 0 Å². The van der Waals surface area contributed by atoms with Crippen molar-refractivity contribution in [3.63, 3.8) is 0 Å². The number of carbonyl (C=O) groups is 2. The van der Waals surface area contributed by atoms with Crippen LogP contribution in [0.25, 0.3) is 0 Å². The van der Waals surface area contributed by atoms with Crippen molar-refractivity contribution in [3.8, 4) is 0 Å². The fraction of sp³-hybridized carbons (Fsp3) is 0.833. The molecule has 0 aromatic heterocycles. The zero-order chi connectivity index (χ0) is 14.0. The molecule has 0 heterocycles. The second-order valence-corrected chi connectivity index (χ2v) is 4.03. The highest BCUT2D eigenvalue weighted by molar-refractivity contribution is 5.80. The molecule has 18 heavy (non-hydrogen) atoms. The third-order valence-corrected chi connectivity index (χ3v) is 2.71. The number of rotatable bonds is 9. The van der Waals surface area contributed by atoms with E-state index in [1.165, 1.54) is 0 Å². The van der Waals surface area contributed by atoms with Crippen molar-refractivity contribution < 1.29 is 29.3 Å². The van der Waals surface area contributed by atoms with Crippen LogP contribution in [0.3, 0.4) is 0 Å². The van der Waals surface area contributed by atoms with Crippen LogP contribution in [-0.2, 0) is 19.1 Å². The van der Waals surface area contributed by atoms with Gasteiger partial charge in [-0.2, -0.15) is 0 Å². The van der Waals surface area contributed by atoms with E-state index < -0.39 is 17.9 Å². The average molecular weight is 262 g/mol. The third-order valence-electron chi connectivity index (χ3n) is 2.71. The van der Waals surface area contributed by atoms with Gasteiger partial charge in [0, 0.05) is 0 Å². The van der Waals surface area contributed by atoms with Gasteiger partial charge in [0.05, 0.1) is 25.6 Å². The molecule has 0 aliphatic rings. The summed E-state index contributed by atoms with van der Waals surface area (Å²) in [5.74, 6) is -1.62. The number of aliphatic hydroxyl groups is 2. The molecule has 0 rings (SSSR count). The molecule has 6 nitrogen and oxygen atoms in total. The maximum atomic E-state index is 11.7. The lowest BCUT2D eigenvalue weighted by Crippen LogP contribution is -2.28. The molecule has 0 saturated heterocycles. The first-order valence-corrected chi connectivity index (χ1v) is 6.10. The van der Waals surface area contributed by atoms with E-state index in [0.29, 0.717) is 0 Å². The number of hydrogen-bond donors (Lipinski definition) is 2. The first-order chi connectivity index (χ1) is 8.56. The van der Waals surface area contributed by atoms with Crippen molar-refractivity contribution in [2.75, 3.05) is 26.4 Å². The van der Waals surface area contributed by atoms with Gasteiger partial charge in [-0.25, -0.2) is 0 Å². The Kier molecular flexibility index (Phi) is 9.22. The Balaban J connectivity index is 4.39. The van der Waals surface area contributed by atoms with Gasteiger partial charge in [-0.05, 0) is 5.92 Å². The molecule has 2 atom stereocenters. The van der Waals surface area contributed by atoms with Gasteiger partial charge in [0.2, 0.25) is 0 Å². The van der Waals surface area contributed by atoms with Gasteiger partial charge in [-0.3, -0.25) is 9.59 Å². The van der Waals surface area contributed by atoms with Gasteiger partial charge >= 0.3 is 11.9 Å². The van der Waals surface area contributed by atoms with Crippen molar-refractivity contribution in [2.24, 2.45) is 11.8 Å². The molecule has 0 amide bonds. The van der Waals surface area contributed by atoms with E-state index in [2.05, 4.69) is 0 Å². The standard InChI is InChI=1S/C12H22O6/c1-3-9(2)10(12(16)18-7-5-14)8-11(15)17-6-4-13/h9-10,13-14H,3-8H2,1-2H3. The van der Waals surface area contributed by atoms with Crippen LogP contribution in [0.5, 0.6) is 0 Å². The molecular formula is C12H22O6. The number of esters is 2. The molecule has 0 bridgehead atoms. The van der Waals surface area contributed by atoms with E-state index in [9.17, 15) is 9.59 Å². The zero-order valence-electron chi connectivity index (χ0n) is 10.9. The van der Waals surface area contributed by atoms with Crippen LogP contribution in [0, 0.1) is 11.8 Å². The predicted octanol–water partition coefficient (Wildman–Crippen LogP) is 0.110. The topological polar surface area (TPSA) is 93.1 Å². The molecule has 0 spiro atoms. The van der Waals surface area contributed by atoms with Gasteiger partial charge in [0.25, 0.3) is 0 Å². The van der Waals surface area contributed by atoms with Crippen molar-refractivity contribution in [2.45, 2.75) is 26.7 Å². The summed E-state index contributed by atoms with van der Waals surface area (Å²) in [6.45, 7) is 3.14. The lowest BCUT2D eigenvalue weighted by atomic mass is 9.89. The number of hydrogen-bond acceptors (Lipinski definition) is 6. The normalized spacial score (nSPS) is 13.8. The minimum Gasteiger partial charge on any atom is -0.463 e. The Labute approximate surface area is 107 Å². The lowest BCUT2D eigenvalue weighted by Gasteiger charge is -2.20. The summed E-state index contributed by atoms with van der Waals surface area (Å²) < 4.78 is 9.56. The van der Waals surface area contributed by atoms with E-state index in [0.717, 1.165) is 6.42 Å². The monoisotopic (exact) mass is 262 g/mol. The van der Waals surface area contributed by atoms with Gasteiger partial charge in [-0.1, -0.05) is 20.3 Å². The highest BCUT2D eigenvalue weighted by Gasteiger charge is 2.28. The molecule has 0 aliphatic carbocycles. The Morgan fingerprint density at radius 2 is 1.67 bits per heavy atom. The summed E-state index contributed by atoms with van der Waals surface area (Å²) in [5, 5.41) is 17.1.